The summed E-state index contributed by atoms with van der Waals surface area (Å²) in [5, 5.41) is 12.8. The Morgan fingerprint density at radius 3 is 0.733 bits per heavy atom. The van der Waals surface area contributed by atoms with E-state index in [1.165, 1.54) is 99.5 Å². The summed E-state index contributed by atoms with van der Waals surface area (Å²) in [6.07, 6.45) is 0. The van der Waals surface area contributed by atoms with Gasteiger partial charge in [0.1, 0.15) is 17.1 Å². The third-order valence-electron chi connectivity index (χ3n) is 15.2. The lowest BCUT2D eigenvalue weighted by molar-refractivity contribution is 0.0910. The lowest BCUT2D eigenvalue weighted by Gasteiger charge is -2.25. The van der Waals surface area contributed by atoms with Gasteiger partial charge in [-0.05, 0) is 208 Å². The number of aromatic nitrogens is 3. The Morgan fingerprint density at radius 2 is 0.517 bits per heavy atom. The van der Waals surface area contributed by atoms with Gasteiger partial charge in [-0.1, -0.05) is 0 Å². The van der Waals surface area contributed by atoms with E-state index in [0.29, 0.717) is 37.8 Å². The van der Waals surface area contributed by atoms with E-state index < -0.39 is 0 Å². The van der Waals surface area contributed by atoms with Crippen molar-refractivity contribution in [2.24, 2.45) is 0 Å². The normalized spacial score (nSPS) is 18.3. The molecule has 3 aromatic carbocycles. The summed E-state index contributed by atoms with van der Waals surface area (Å²) >= 11 is 0. The van der Waals surface area contributed by atoms with Gasteiger partial charge in [-0.3, -0.25) is 14.4 Å². The highest BCUT2D eigenvalue weighted by atomic mass is 16.2. The summed E-state index contributed by atoms with van der Waals surface area (Å²) in [5.74, 6) is 0.183. The summed E-state index contributed by atoms with van der Waals surface area (Å²) in [5.41, 5.74) is 25.5. The van der Waals surface area contributed by atoms with Crippen LogP contribution in [0.2, 0.25) is 0 Å². The molecule has 0 aliphatic carbocycles. The van der Waals surface area contributed by atoms with Crippen LogP contribution in [0.15, 0.2) is 0 Å². The Balaban J connectivity index is 0.000000136. The fourth-order valence-corrected chi connectivity index (χ4v) is 10.8. The highest BCUT2D eigenvalue weighted by Gasteiger charge is 2.33. The molecule has 60 heavy (non-hydrogen) atoms. The molecule has 0 saturated heterocycles. The van der Waals surface area contributed by atoms with Gasteiger partial charge in [-0.2, -0.15) is 0 Å². The molecule has 6 aromatic rings. The third kappa shape index (κ3) is 5.96. The van der Waals surface area contributed by atoms with Crippen molar-refractivity contribution in [3.05, 3.63) is 101 Å². The quantitative estimate of drug-likeness (QED) is 0.142. The summed E-state index contributed by atoms with van der Waals surface area (Å²) in [4.78, 5) is 36.8. The first-order valence-electron chi connectivity index (χ1n) is 21.7. The van der Waals surface area contributed by atoms with E-state index in [0.717, 1.165) is 33.8 Å². The molecule has 0 bridgehead atoms. The number of rotatable bonds is 0. The Morgan fingerprint density at radius 1 is 0.317 bits per heavy atom. The number of hydrogen-bond donors (Lipinski definition) is 3. The number of carbonyl (C=O) groups is 3. The van der Waals surface area contributed by atoms with Crippen molar-refractivity contribution in [3.8, 4) is 0 Å². The second-order valence-corrected chi connectivity index (χ2v) is 18.4. The largest absolute Gasteiger partial charge is 0.349 e. The number of aryl methyl sites for hydroxylation is 9. The van der Waals surface area contributed by atoms with Crippen LogP contribution >= 0.6 is 0 Å². The predicted octanol–water partition coefficient (Wildman–Crippen LogP) is 10.5. The minimum Gasteiger partial charge on any atom is -0.349 e. The maximum absolute atomic E-state index is 12.3. The number of carbonyl (C=O) groups excluding carboxylic acids is 3. The van der Waals surface area contributed by atoms with Gasteiger partial charge in [0.2, 0.25) is 0 Å². The SMILES string of the molecule is Cc1c(C)c(C)c2c(c1C)c(C)c1n2C(C)CNC1=O.Cc1c(C)c(C)c2c(c1C)c(C)c1n2[C@@H](C)CNC1=O.Cc1c(C)c(C)c2c(c1C)c(C)c1n2[C@H](C)CNC1=O. The zero-order chi connectivity index (χ0) is 44.3. The molecule has 1 unspecified atom stereocenters. The van der Waals surface area contributed by atoms with E-state index in [-0.39, 0.29) is 17.7 Å². The molecule has 6 heterocycles. The number of hydrogen-bond acceptors (Lipinski definition) is 3. The van der Waals surface area contributed by atoms with E-state index in [1.54, 1.807) is 0 Å². The highest BCUT2D eigenvalue weighted by Crippen LogP contribution is 2.41. The van der Waals surface area contributed by atoms with Crippen molar-refractivity contribution in [1.82, 2.24) is 29.7 Å². The predicted molar refractivity (Wildman–Crippen MR) is 248 cm³/mol. The fraction of sp³-hybridized carbons (Fsp3) is 0.471. The van der Waals surface area contributed by atoms with Gasteiger partial charge in [-0.15, -0.1) is 0 Å². The van der Waals surface area contributed by atoms with Crippen molar-refractivity contribution in [2.75, 3.05) is 19.6 Å². The molecule has 0 spiro atoms. The second kappa shape index (κ2) is 15.0. The first kappa shape index (κ1) is 42.8. The van der Waals surface area contributed by atoms with Crippen molar-refractivity contribution in [3.63, 3.8) is 0 Å². The maximum atomic E-state index is 12.3. The topological polar surface area (TPSA) is 102 Å². The number of nitrogens with one attached hydrogen (secondary N) is 3. The van der Waals surface area contributed by atoms with E-state index in [2.05, 4.69) is 154 Å². The molecule has 0 fully saturated rings. The zero-order valence-corrected chi connectivity index (χ0v) is 39.4. The first-order valence-corrected chi connectivity index (χ1v) is 21.7. The minimum absolute atomic E-state index is 0.0610. The summed E-state index contributed by atoms with van der Waals surface area (Å²) in [6.45, 7) is 41.0. The Bertz CT molecular complexity index is 2570. The summed E-state index contributed by atoms with van der Waals surface area (Å²) in [6, 6.07) is 0.914. The van der Waals surface area contributed by atoms with Crippen LogP contribution in [-0.4, -0.2) is 51.1 Å². The monoisotopic (exact) mass is 811 g/mol. The van der Waals surface area contributed by atoms with Gasteiger partial charge in [0.15, 0.2) is 0 Å². The Hall–Kier alpha value is -5.31. The van der Waals surface area contributed by atoms with Crippen LogP contribution in [-0.2, 0) is 0 Å². The number of benzene rings is 3. The smallest absolute Gasteiger partial charge is 0.268 e. The molecular weight excluding hydrogens is 745 g/mol. The molecule has 9 nitrogen and oxygen atoms in total. The molecule has 3 aliphatic heterocycles. The van der Waals surface area contributed by atoms with E-state index in [1.807, 2.05) is 0 Å². The standard InChI is InChI=1S/3C17H22N2O/c3*1-8-7-18-17(20)16-13(6)14-11(4)9(2)10(3)12(5)15(14)19(8)16/h3*8H,7H2,1-6H3,(H,18,20)/t2*8-;/m10./s1. The molecule has 3 N–H and O–H groups in total. The lowest BCUT2D eigenvalue weighted by Crippen LogP contribution is -2.38. The molecule has 3 aromatic heterocycles. The molecule has 3 amide bonds. The number of amides is 3. The average Bonchev–Trinajstić information content (AvgIpc) is 3.84. The molecule has 318 valence electrons. The van der Waals surface area contributed by atoms with Crippen LogP contribution in [0.25, 0.3) is 32.7 Å². The molecular formula is C51H66N6O3. The molecule has 9 heteroatoms. The van der Waals surface area contributed by atoms with Crippen LogP contribution in [0, 0.1) is 104 Å². The van der Waals surface area contributed by atoms with Crippen molar-refractivity contribution in [1.29, 1.82) is 0 Å². The van der Waals surface area contributed by atoms with E-state index in [4.69, 9.17) is 0 Å². The van der Waals surface area contributed by atoms with Crippen LogP contribution in [0.1, 0.15) is 154 Å². The van der Waals surface area contributed by atoms with Crippen LogP contribution < -0.4 is 16.0 Å². The molecule has 3 atom stereocenters. The van der Waals surface area contributed by atoms with Gasteiger partial charge in [0, 0.05) is 53.9 Å². The molecule has 0 radical (unpaired) electrons. The summed E-state index contributed by atoms with van der Waals surface area (Å²) in [7, 11) is 0. The van der Waals surface area contributed by atoms with E-state index >= 15 is 0 Å². The minimum atomic E-state index is 0.0610. The number of fused-ring (bicyclic) bond motifs is 9. The second-order valence-electron chi connectivity index (χ2n) is 18.4. The Kier molecular flexibility index (Phi) is 10.7. The van der Waals surface area contributed by atoms with Crippen LogP contribution in [0.5, 0.6) is 0 Å². The number of nitrogens with zero attached hydrogens (tertiary/aromatic N) is 3. The average molecular weight is 811 g/mol. The molecule has 3 aliphatic rings. The Labute approximate surface area is 356 Å². The molecule has 0 saturated carbocycles. The lowest BCUT2D eigenvalue weighted by atomic mass is 9.94. The van der Waals surface area contributed by atoms with Gasteiger partial charge in [0.25, 0.3) is 17.7 Å². The van der Waals surface area contributed by atoms with Crippen molar-refractivity contribution >= 4 is 50.4 Å². The van der Waals surface area contributed by atoms with Gasteiger partial charge >= 0.3 is 0 Å². The molecule has 9 rings (SSSR count). The first-order chi connectivity index (χ1) is 28.1. The summed E-state index contributed by atoms with van der Waals surface area (Å²) < 4.78 is 6.74. The highest BCUT2D eigenvalue weighted by molar-refractivity contribution is 6.07. The van der Waals surface area contributed by atoms with Gasteiger partial charge in [-0.25, -0.2) is 0 Å². The van der Waals surface area contributed by atoms with Crippen LogP contribution in [0.4, 0.5) is 0 Å². The third-order valence-corrected chi connectivity index (χ3v) is 15.2. The van der Waals surface area contributed by atoms with E-state index in [9.17, 15) is 14.4 Å². The maximum Gasteiger partial charge on any atom is 0.268 e. The van der Waals surface area contributed by atoms with Gasteiger partial charge in [0.05, 0.1) is 16.6 Å². The fourth-order valence-electron chi connectivity index (χ4n) is 10.8. The van der Waals surface area contributed by atoms with Crippen molar-refractivity contribution in [2.45, 2.75) is 143 Å². The van der Waals surface area contributed by atoms with Crippen molar-refractivity contribution < 1.29 is 14.4 Å². The van der Waals surface area contributed by atoms with Gasteiger partial charge < -0.3 is 29.7 Å². The zero-order valence-electron chi connectivity index (χ0n) is 39.4. The van der Waals surface area contributed by atoms with Crippen LogP contribution in [0.3, 0.4) is 0 Å².